The fourth-order valence-electron chi connectivity index (χ4n) is 3.48. The number of anilines is 1. The van der Waals surface area contributed by atoms with Crippen molar-refractivity contribution in [3.05, 3.63) is 40.2 Å². The molecule has 0 saturated heterocycles. The third kappa shape index (κ3) is 4.99. The number of hydrogen-bond donors (Lipinski definition) is 1. The van der Waals surface area contributed by atoms with Crippen molar-refractivity contribution in [1.82, 2.24) is 4.90 Å². The lowest BCUT2D eigenvalue weighted by Gasteiger charge is -2.40. The Morgan fingerprint density at radius 1 is 1.23 bits per heavy atom. The van der Waals surface area contributed by atoms with Crippen molar-refractivity contribution < 1.29 is 31.9 Å². The second-order valence-electron chi connectivity index (χ2n) is 8.12. The molecule has 1 fully saturated rings. The molecule has 1 aliphatic carbocycles. The molecule has 1 saturated carbocycles. The topological polar surface area (TPSA) is 58.6 Å². The zero-order valence-corrected chi connectivity index (χ0v) is 18.3. The van der Waals surface area contributed by atoms with Gasteiger partial charge in [-0.05, 0) is 51.8 Å². The number of nitrogens with one attached hydrogen (secondary N) is 1. The van der Waals surface area contributed by atoms with Gasteiger partial charge in [-0.3, -0.25) is 14.5 Å². The van der Waals surface area contributed by atoms with Crippen molar-refractivity contribution in [2.24, 2.45) is 0 Å². The quantitative estimate of drug-likeness (QED) is 0.607. The van der Waals surface area contributed by atoms with E-state index < -0.39 is 34.7 Å². The minimum Gasteiger partial charge on any atom is -0.476 e. The standard InChI is InChI=1S/C21H24F4N2O3S/c1-12-17(31-14-6-4-5-7-14)18(28)27(11-30-12)20(2,3)19(29)26-16-10-13(21(23,24)25)8-9-15(16)22/h8-10,14H,4-7,11H2,1-3H3,(H,26,29). The smallest absolute Gasteiger partial charge is 0.416 e. The SMILES string of the molecule is CC1=C(SC2CCCC2)C(=O)N(C(C)(C)C(=O)Nc2cc(C(F)(F)F)ccc2F)CO1. The fraction of sp³-hybridized carbons (Fsp3) is 0.524. The highest BCUT2D eigenvalue weighted by atomic mass is 32.2. The van der Waals surface area contributed by atoms with E-state index in [1.165, 1.54) is 30.5 Å². The normalized spacial score (nSPS) is 18.4. The Morgan fingerprint density at radius 3 is 2.48 bits per heavy atom. The van der Waals surface area contributed by atoms with Crippen LogP contribution >= 0.6 is 11.8 Å². The summed E-state index contributed by atoms with van der Waals surface area (Å²) in [6.07, 6.45) is -0.507. The molecule has 10 heteroatoms. The molecule has 5 nitrogen and oxygen atoms in total. The van der Waals surface area contributed by atoms with E-state index in [-0.39, 0.29) is 12.6 Å². The van der Waals surface area contributed by atoms with Gasteiger partial charge in [0.05, 0.1) is 11.3 Å². The van der Waals surface area contributed by atoms with Crippen LogP contribution in [-0.2, 0) is 20.5 Å². The molecule has 2 aliphatic rings. The van der Waals surface area contributed by atoms with Gasteiger partial charge < -0.3 is 10.1 Å². The van der Waals surface area contributed by atoms with E-state index in [0.29, 0.717) is 34.1 Å². The minimum atomic E-state index is -4.69. The van der Waals surface area contributed by atoms with Gasteiger partial charge in [-0.2, -0.15) is 13.2 Å². The highest BCUT2D eigenvalue weighted by Gasteiger charge is 2.43. The molecule has 0 radical (unpaired) electrons. The zero-order valence-electron chi connectivity index (χ0n) is 17.4. The van der Waals surface area contributed by atoms with Gasteiger partial charge in [-0.25, -0.2) is 4.39 Å². The largest absolute Gasteiger partial charge is 0.476 e. The van der Waals surface area contributed by atoms with Crippen LogP contribution in [0.15, 0.2) is 28.9 Å². The summed E-state index contributed by atoms with van der Waals surface area (Å²) in [5.41, 5.74) is -3.20. The van der Waals surface area contributed by atoms with Crippen LogP contribution in [0, 0.1) is 5.82 Å². The molecule has 170 valence electrons. The average molecular weight is 460 g/mol. The predicted molar refractivity (Wildman–Crippen MR) is 109 cm³/mol. The molecule has 1 aliphatic heterocycles. The van der Waals surface area contributed by atoms with Gasteiger partial charge >= 0.3 is 6.18 Å². The number of thioether (sulfide) groups is 1. The first-order valence-electron chi connectivity index (χ1n) is 9.91. The summed E-state index contributed by atoms with van der Waals surface area (Å²) in [5.74, 6) is -1.73. The molecule has 3 rings (SSSR count). The van der Waals surface area contributed by atoms with Crippen LogP contribution in [0.2, 0.25) is 0 Å². The maximum absolute atomic E-state index is 14.1. The number of ether oxygens (including phenoxy) is 1. The predicted octanol–water partition coefficient (Wildman–Crippen LogP) is 5.29. The molecule has 1 aromatic carbocycles. The average Bonchev–Trinajstić information content (AvgIpc) is 3.18. The van der Waals surface area contributed by atoms with E-state index in [1.54, 1.807) is 6.92 Å². The molecule has 0 aromatic heterocycles. The van der Waals surface area contributed by atoms with E-state index in [2.05, 4.69) is 5.32 Å². The Balaban J connectivity index is 1.79. The number of hydrogen-bond acceptors (Lipinski definition) is 4. The van der Waals surface area contributed by atoms with Crippen molar-refractivity contribution in [1.29, 1.82) is 0 Å². The van der Waals surface area contributed by atoms with Crippen LogP contribution in [0.5, 0.6) is 0 Å². The van der Waals surface area contributed by atoms with Crippen LogP contribution in [0.4, 0.5) is 23.2 Å². The van der Waals surface area contributed by atoms with Crippen LogP contribution in [0.1, 0.15) is 52.0 Å². The summed E-state index contributed by atoms with van der Waals surface area (Å²) in [6.45, 7) is 4.38. The number of allylic oxidation sites excluding steroid dienone is 1. The van der Waals surface area contributed by atoms with Crippen molar-refractivity contribution in [2.45, 2.75) is 63.4 Å². The van der Waals surface area contributed by atoms with E-state index >= 15 is 0 Å². The first-order chi connectivity index (χ1) is 14.4. The van der Waals surface area contributed by atoms with Crippen LogP contribution in [0.25, 0.3) is 0 Å². The Labute approximate surface area is 182 Å². The molecule has 1 N–H and O–H groups in total. The van der Waals surface area contributed by atoms with Gasteiger partial charge in [0.15, 0.2) is 6.73 Å². The molecule has 1 aromatic rings. The number of benzene rings is 1. The number of carbonyl (C=O) groups is 2. The molecular weight excluding hydrogens is 436 g/mol. The van der Waals surface area contributed by atoms with Gasteiger partial charge in [-0.15, -0.1) is 11.8 Å². The molecular formula is C21H24F4N2O3S. The number of carbonyl (C=O) groups excluding carboxylic acids is 2. The number of amides is 2. The zero-order chi connectivity index (χ0) is 23.0. The molecule has 0 unspecified atom stereocenters. The molecule has 0 bridgehead atoms. The summed E-state index contributed by atoms with van der Waals surface area (Å²) >= 11 is 1.43. The fourth-order valence-corrected chi connectivity index (χ4v) is 4.81. The van der Waals surface area contributed by atoms with Crippen molar-refractivity contribution in [3.63, 3.8) is 0 Å². The summed E-state index contributed by atoms with van der Waals surface area (Å²) in [5, 5.41) is 2.49. The van der Waals surface area contributed by atoms with Gasteiger partial charge in [0.25, 0.3) is 5.91 Å². The summed E-state index contributed by atoms with van der Waals surface area (Å²) in [6, 6.07) is 1.77. The second kappa shape index (κ2) is 8.72. The van der Waals surface area contributed by atoms with Crippen molar-refractivity contribution in [2.75, 3.05) is 12.0 Å². The van der Waals surface area contributed by atoms with Gasteiger partial charge in [0.1, 0.15) is 22.0 Å². The van der Waals surface area contributed by atoms with Crippen LogP contribution < -0.4 is 5.32 Å². The highest BCUT2D eigenvalue weighted by molar-refractivity contribution is 8.04. The molecule has 2 amide bonds. The molecule has 31 heavy (non-hydrogen) atoms. The maximum atomic E-state index is 14.1. The van der Waals surface area contributed by atoms with Crippen LogP contribution in [0.3, 0.4) is 0 Å². The Morgan fingerprint density at radius 2 is 1.87 bits per heavy atom. The van der Waals surface area contributed by atoms with E-state index in [4.69, 9.17) is 4.74 Å². The summed E-state index contributed by atoms with van der Waals surface area (Å²) in [7, 11) is 0. The monoisotopic (exact) mass is 460 g/mol. The Kier molecular flexibility index (Phi) is 6.59. The summed E-state index contributed by atoms with van der Waals surface area (Å²) < 4.78 is 58.5. The second-order valence-corrected chi connectivity index (χ2v) is 9.43. The first-order valence-corrected chi connectivity index (χ1v) is 10.8. The molecule has 0 spiro atoms. The van der Waals surface area contributed by atoms with E-state index in [9.17, 15) is 27.2 Å². The van der Waals surface area contributed by atoms with Crippen molar-refractivity contribution in [3.8, 4) is 0 Å². The third-order valence-electron chi connectivity index (χ3n) is 5.53. The summed E-state index contributed by atoms with van der Waals surface area (Å²) in [4.78, 5) is 27.7. The van der Waals surface area contributed by atoms with E-state index in [0.717, 1.165) is 25.7 Å². The molecule has 0 atom stereocenters. The lowest BCUT2D eigenvalue weighted by Crippen LogP contribution is -2.57. The Hall–Kier alpha value is -2.23. The number of alkyl halides is 3. The first kappa shape index (κ1) is 23.4. The number of halogens is 4. The van der Waals surface area contributed by atoms with E-state index in [1.807, 2.05) is 0 Å². The molecule has 1 heterocycles. The van der Waals surface area contributed by atoms with Gasteiger partial charge in [0, 0.05) is 5.25 Å². The maximum Gasteiger partial charge on any atom is 0.416 e. The minimum absolute atomic E-state index is 0.190. The lowest BCUT2D eigenvalue weighted by molar-refractivity contribution is -0.148. The number of nitrogens with zero attached hydrogens (tertiary/aromatic N) is 1. The Bertz CT molecular complexity index is 908. The highest BCUT2D eigenvalue weighted by Crippen LogP contribution is 2.39. The van der Waals surface area contributed by atoms with Gasteiger partial charge in [-0.1, -0.05) is 12.8 Å². The van der Waals surface area contributed by atoms with Crippen molar-refractivity contribution >= 4 is 29.3 Å². The van der Waals surface area contributed by atoms with Crippen LogP contribution in [-0.4, -0.2) is 34.2 Å². The van der Waals surface area contributed by atoms with Gasteiger partial charge in [0.2, 0.25) is 5.91 Å². The third-order valence-corrected chi connectivity index (χ3v) is 7.03. The lowest BCUT2D eigenvalue weighted by atomic mass is 10.0. The number of rotatable bonds is 5.